The number of anilines is 1. The van der Waals surface area contributed by atoms with E-state index < -0.39 is 12.3 Å². The summed E-state index contributed by atoms with van der Waals surface area (Å²) in [7, 11) is 0. The summed E-state index contributed by atoms with van der Waals surface area (Å²) >= 11 is 5.95. The zero-order valence-electron chi connectivity index (χ0n) is 11.8. The number of amides is 1. The molecule has 9 heteroatoms. The molecule has 0 spiro atoms. The molecule has 0 saturated heterocycles. The van der Waals surface area contributed by atoms with Crippen LogP contribution in [0.4, 0.5) is 14.5 Å². The number of fused-ring (bicyclic) bond motifs is 1. The van der Waals surface area contributed by atoms with Crippen LogP contribution in [0.15, 0.2) is 30.3 Å². The fourth-order valence-corrected chi connectivity index (χ4v) is 2.19. The zero-order chi connectivity index (χ0) is 16.6. The molecular weight excluding hydrogens is 328 g/mol. The third-order valence-corrected chi connectivity index (χ3v) is 3.35. The molecule has 6 nitrogen and oxygen atoms in total. The van der Waals surface area contributed by atoms with Crippen LogP contribution >= 0.6 is 11.6 Å². The van der Waals surface area contributed by atoms with Crippen LogP contribution < -0.4 is 5.32 Å². The summed E-state index contributed by atoms with van der Waals surface area (Å²) in [5, 5.41) is 6.67. The standard InChI is InChI=1S/C14H10ClF2N5O/c1-7-6-10(11(16)17)22-14(18-7)20-12(21-22)13(23)19-9-5-3-2-4-8(9)15/h2-6,11H,1H3,(H,19,23). The Morgan fingerprint density at radius 3 is 2.74 bits per heavy atom. The van der Waals surface area contributed by atoms with Crippen molar-refractivity contribution in [1.29, 1.82) is 0 Å². The molecule has 2 aromatic heterocycles. The second-order valence-corrected chi connectivity index (χ2v) is 5.11. The second-order valence-electron chi connectivity index (χ2n) is 4.70. The Kier molecular flexibility index (Phi) is 3.91. The highest BCUT2D eigenvalue weighted by Gasteiger charge is 2.20. The summed E-state index contributed by atoms with van der Waals surface area (Å²) in [5.74, 6) is -1.00. The van der Waals surface area contributed by atoms with E-state index in [1.165, 1.54) is 6.07 Å². The average Bonchev–Trinajstić information content (AvgIpc) is 2.92. The van der Waals surface area contributed by atoms with Crippen LogP contribution in [0.3, 0.4) is 0 Å². The van der Waals surface area contributed by atoms with Crippen molar-refractivity contribution in [3.63, 3.8) is 0 Å². The predicted octanol–water partition coefficient (Wildman–Crippen LogP) is 3.28. The maximum Gasteiger partial charge on any atom is 0.295 e. The number of hydrogen-bond acceptors (Lipinski definition) is 4. The number of hydrogen-bond donors (Lipinski definition) is 1. The van der Waals surface area contributed by atoms with Crippen LogP contribution in [-0.4, -0.2) is 25.5 Å². The highest BCUT2D eigenvalue weighted by atomic mass is 35.5. The van der Waals surface area contributed by atoms with Crippen molar-refractivity contribution in [1.82, 2.24) is 19.6 Å². The minimum atomic E-state index is -2.76. The van der Waals surface area contributed by atoms with Crippen LogP contribution in [0.2, 0.25) is 5.02 Å². The van der Waals surface area contributed by atoms with Crippen molar-refractivity contribution in [3.05, 3.63) is 52.6 Å². The van der Waals surface area contributed by atoms with Crippen LogP contribution in [0.25, 0.3) is 5.78 Å². The normalized spacial score (nSPS) is 11.2. The Morgan fingerprint density at radius 2 is 2.04 bits per heavy atom. The number of benzene rings is 1. The molecule has 0 aliphatic heterocycles. The van der Waals surface area contributed by atoms with Gasteiger partial charge >= 0.3 is 0 Å². The molecule has 23 heavy (non-hydrogen) atoms. The maximum absolute atomic E-state index is 13.1. The number of para-hydroxylation sites is 1. The Bertz CT molecular complexity index is 896. The highest BCUT2D eigenvalue weighted by Crippen LogP contribution is 2.22. The monoisotopic (exact) mass is 337 g/mol. The third-order valence-electron chi connectivity index (χ3n) is 3.02. The molecule has 2 heterocycles. The number of rotatable bonds is 3. The van der Waals surface area contributed by atoms with Crippen molar-refractivity contribution in [2.75, 3.05) is 5.32 Å². The lowest BCUT2D eigenvalue weighted by Crippen LogP contribution is -2.14. The van der Waals surface area contributed by atoms with Crippen LogP contribution in [0.1, 0.15) is 28.4 Å². The molecular formula is C14H10ClF2N5O. The van der Waals surface area contributed by atoms with Gasteiger partial charge in [0.2, 0.25) is 5.82 Å². The number of nitrogens with zero attached hydrogens (tertiary/aromatic N) is 4. The average molecular weight is 338 g/mol. The van der Waals surface area contributed by atoms with E-state index >= 15 is 0 Å². The maximum atomic E-state index is 13.1. The number of halogens is 3. The first-order valence-corrected chi connectivity index (χ1v) is 6.92. The topological polar surface area (TPSA) is 72.2 Å². The second kappa shape index (κ2) is 5.88. The molecule has 0 saturated carbocycles. The molecule has 118 valence electrons. The minimum absolute atomic E-state index is 0.0652. The van der Waals surface area contributed by atoms with Gasteiger partial charge in [0.25, 0.3) is 18.1 Å². The number of carbonyl (C=O) groups is 1. The summed E-state index contributed by atoms with van der Waals surface area (Å²) in [4.78, 5) is 20.1. The van der Waals surface area contributed by atoms with Gasteiger partial charge in [0.1, 0.15) is 5.69 Å². The van der Waals surface area contributed by atoms with Gasteiger partial charge in [0, 0.05) is 5.69 Å². The molecule has 0 aliphatic carbocycles. The van der Waals surface area contributed by atoms with Gasteiger partial charge in [-0.2, -0.15) is 9.50 Å². The molecule has 1 aromatic carbocycles. The molecule has 0 radical (unpaired) electrons. The number of nitrogens with one attached hydrogen (secondary N) is 1. The lowest BCUT2D eigenvalue weighted by Gasteiger charge is -2.04. The van der Waals surface area contributed by atoms with Gasteiger partial charge in [-0.1, -0.05) is 23.7 Å². The number of carbonyl (C=O) groups excluding carboxylic acids is 1. The van der Waals surface area contributed by atoms with E-state index in [0.717, 1.165) is 4.52 Å². The Balaban J connectivity index is 1.99. The van der Waals surface area contributed by atoms with E-state index in [1.54, 1.807) is 31.2 Å². The van der Waals surface area contributed by atoms with Crippen molar-refractivity contribution < 1.29 is 13.6 Å². The predicted molar refractivity (Wildman–Crippen MR) is 79.9 cm³/mol. The Hall–Kier alpha value is -2.61. The largest absolute Gasteiger partial charge is 0.318 e. The van der Waals surface area contributed by atoms with Crippen molar-refractivity contribution in [2.45, 2.75) is 13.3 Å². The first-order chi connectivity index (χ1) is 11.0. The van der Waals surface area contributed by atoms with E-state index in [9.17, 15) is 13.6 Å². The zero-order valence-corrected chi connectivity index (χ0v) is 12.6. The first-order valence-electron chi connectivity index (χ1n) is 6.54. The molecule has 0 unspecified atom stereocenters. The summed E-state index contributed by atoms with van der Waals surface area (Å²) in [6.45, 7) is 1.56. The van der Waals surface area contributed by atoms with E-state index in [4.69, 9.17) is 11.6 Å². The van der Waals surface area contributed by atoms with E-state index in [-0.39, 0.29) is 17.3 Å². The third kappa shape index (κ3) is 2.98. The molecule has 0 bridgehead atoms. The summed E-state index contributed by atoms with van der Waals surface area (Å²) < 4.78 is 27.0. The first kappa shape index (κ1) is 15.3. The van der Waals surface area contributed by atoms with E-state index in [1.807, 2.05) is 0 Å². The molecule has 3 aromatic rings. The molecule has 3 rings (SSSR count). The van der Waals surface area contributed by atoms with Gasteiger partial charge in [0.15, 0.2) is 0 Å². The van der Waals surface area contributed by atoms with Gasteiger partial charge in [-0.25, -0.2) is 13.8 Å². The van der Waals surface area contributed by atoms with Crippen molar-refractivity contribution >= 4 is 29.0 Å². The molecule has 0 fully saturated rings. The van der Waals surface area contributed by atoms with Gasteiger partial charge in [0.05, 0.1) is 10.7 Å². The SMILES string of the molecule is Cc1cc(C(F)F)n2nc(C(=O)Nc3ccccc3Cl)nc2n1. The van der Waals surface area contributed by atoms with Crippen molar-refractivity contribution in [3.8, 4) is 0 Å². The van der Waals surface area contributed by atoms with Gasteiger partial charge in [-0.3, -0.25) is 4.79 Å². The lowest BCUT2D eigenvalue weighted by atomic mass is 10.3. The summed E-state index contributed by atoms with van der Waals surface area (Å²) in [6.07, 6.45) is -2.76. The van der Waals surface area contributed by atoms with Gasteiger partial charge in [-0.05, 0) is 25.1 Å². The van der Waals surface area contributed by atoms with E-state index in [0.29, 0.717) is 16.4 Å². The van der Waals surface area contributed by atoms with Crippen LogP contribution in [0.5, 0.6) is 0 Å². The van der Waals surface area contributed by atoms with Crippen molar-refractivity contribution in [2.24, 2.45) is 0 Å². The molecule has 1 amide bonds. The lowest BCUT2D eigenvalue weighted by molar-refractivity contribution is 0.101. The van der Waals surface area contributed by atoms with Crippen LogP contribution in [0, 0.1) is 6.92 Å². The van der Waals surface area contributed by atoms with Gasteiger partial charge in [-0.15, -0.1) is 5.10 Å². The number of aryl methyl sites for hydroxylation is 1. The van der Waals surface area contributed by atoms with Crippen LogP contribution in [-0.2, 0) is 0 Å². The fraction of sp³-hybridized carbons (Fsp3) is 0.143. The smallest absolute Gasteiger partial charge is 0.295 e. The fourth-order valence-electron chi connectivity index (χ4n) is 2.01. The molecule has 0 aliphatic rings. The van der Waals surface area contributed by atoms with Gasteiger partial charge < -0.3 is 5.32 Å². The number of aromatic nitrogens is 4. The quantitative estimate of drug-likeness (QED) is 0.796. The Morgan fingerprint density at radius 1 is 1.30 bits per heavy atom. The summed E-state index contributed by atoms with van der Waals surface area (Å²) in [6, 6.07) is 7.81. The van der Waals surface area contributed by atoms with E-state index in [2.05, 4.69) is 20.4 Å². The number of alkyl halides is 2. The molecule has 1 N–H and O–H groups in total. The summed E-state index contributed by atoms with van der Waals surface area (Å²) in [5.41, 5.74) is 0.353. The minimum Gasteiger partial charge on any atom is -0.318 e. The molecule has 0 atom stereocenters. The highest BCUT2D eigenvalue weighted by molar-refractivity contribution is 6.33. The Labute approximate surface area is 134 Å².